The van der Waals surface area contributed by atoms with Gasteiger partial charge in [0, 0.05) is 12.1 Å². The van der Waals surface area contributed by atoms with Crippen molar-refractivity contribution in [3.8, 4) is 5.75 Å². The normalized spacial score (nSPS) is 10.5. The number of nitrogens with two attached hydrogens (primary N) is 1. The van der Waals surface area contributed by atoms with Crippen molar-refractivity contribution in [2.45, 2.75) is 27.2 Å². The third kappa shape index (κ3) is 3.44. The Hall–Kier alpha value is -2.10. The van der Waals surface area contributed by atoms with Crippen molar-refractivity contribution in [1.82, 2.24) is 9.97 Å². The van der Waals surface area contributed by atoms with Crippen molar-refractivity contribution < 1.29 is 4.74 Å². The number of nitrogen functional groups attached to an aromatic ring is 1. The van der Waals surface area contributed by atoms with Crippen LogP contribution in [0.15, 0.2) is 24.3 Å². The van der Waals surface area contributed by atoms with Crippen LogP contribution in [0.1, 0.15) is 22.5 Å². The fraction of sp³-hybridized carbons (Fsp3) is 0.333. The Morgan fingerprint density at radius 1 is 1.05 bits per heavy atom. The average Bonchev–Trinajstić information content (AvgIpc) is 2.37. The fourth-order valence-electron chi connectivity index (χ4n) is 1.86. The number of ether oxygens (including phenoxy) is 1. The van der Waals surface area contributed by atoms with Crippen LogP contribution in [0.4, 0.5) is 5.95 Å². The lowest BCUT2D eigenvalue weighted by molar-refractivity contribution is 0.320. The van der Waals surface area contributed by atoms with Crippen LogP contribution in [0.2, 0.25) is 0 Å². The van der Waals surface area contributed by atoms with Gasteiger partial charge in [0.05, 0.1) is 12.3 Å². The largest absolute Gasteiger partial charge is 0.493 e. The molecular weight excluding hydrogens is 238 g/mol. The molecular formula is C15H19N3O. The van der Waals surface area contributed by atoms with Crippen molar-refractivity contribution in [2.24, 2.45) is 0 Å². The van der Waals surface area contributed by atoms with Gasteiger partial charge in [-0.1, -0.05) is 17.7 Å². The number of benzene rings is 1. The molecule has 4 heteroatoms. The van der Waals surface area contributed by atoms with Gasteiger partial charge < -0.3 is 10.5 Å². The van der Waals surface area contributed by atoms with Crippen molar-refractivity contribution in [2.75, 3.05) is 12.3 Å². The number of hydrogen-bond donors (Lipinski definition) is 1. The van der Waals surface area contributed by atoms with Crippen molar-refractivity contribution in [3.05, 3.63) is 46.8 Å². The standard InChI is InChI=1S/C15H19N3O/c1-10-4-6-13(7-5-10)19-9-8-14-11(2)12(3)17-15(16)18-14/h4-7H,8-9H2,1-3H3,(H2,16,17,18). The Morgan fingerprint density at radius 3 is 2.42 bits per heavy atom. The van der Waals surface area contributed by atoms with Crippen molar-refractivity contribution >= 4 is 5.95 Å². The Labute approximate surface area is 113 Å². The first-order chi connectivity index (χ1) is 9.06. The number of rotatable bonds is 4. The molecule has 0 saturated carbocycles. The lowest BCUT2D eigenvalue weighted by Gasteiger charge is -2.10. The molecule has 1 aromatic carbocycles. The van der Waals surface area contributed by atoms with Gasteiger partial charge in [-0.15, -0.1) is 0 Å². The molecule has 1 aromatic heterocycles. The van der Waals surface area contributed by atoms with E-state index in [2.05, 4.69) is 16.9 Å². The number of aryl methyl sites for hydroxylation is 2. The molecule has 0 saturated heterocycles. The second kappa shape index (κ2) is 5.69. The first-order valence-electron chi connectivity index (χ1n) is 6.35. The number of anilines is 1. The number of hydrogen-bond acceptors (Lipinski definition) is 4. The van der Waals surface area contributed by atoms with E-state index < -0.39 is 0 Å². The molecule has 100 valence electrons. The molecule has 1 heterocycles. The van der Waals surface area contributed by atoms with Gasteiger partial charge in [0.25, 0.3) is 0 Å². The molecule has 19 heavy (non-hydrogen) atoms. The van der Waals surface area contributed by atoms with Gasteiger partial charge in [0.2, 0.25) is 5.95 Å². The molecule has 0 aliphatic rings. The van der Waals surface area contributed by atoms with Crippen molar-refractivity contribution in [3.63, 3.8) is 0 Å². The van der Waals surface area contributed by atoms with E-state index >= 15 is 0 Å². The van der Waals surface area contributed by atoms with Crippen molar-refractivity contribution in [1.29, 1.82) is 0 Å². The first-order valence-corrected chi connectivity index (χ1v) is 6.35. The van der Waals surface area contributed by atoms with Crippen LogP contribution < -0.4 is 10.5 Å². The lowest BCUT2D eigenvalue weighted by Crippen LogP contribution is -2.09. The van der Waals surface area contributed by atoms with Gasteiger partial charge in [-0.2, -0.15) is 0 Å². The monoisotopic (exact) mass is 257 g/mol. The van der Waals surface area contributed by atoms with Crippen LogP contribution in [-0.4, -0.2) is 16.6 Å². The summed E-state index contributed by atoms with van der Waals surface area (Å²) in [5.74, 6) is 1.20. The molecule has 0 unspecified atom stereocenters. The predicted octanol–water partition coefficient (Wildman–Crippen LogP) is 2.61. The SMILES string of the molecule is Cc1ccc(OCCc2nc(N)nc(C)c2C)cc1. The second-order valence-corrected chi connectivity index (χ2v) is 4.65. The molecule has 0 amide bonds. The van der Waals surface area contributed by atoms with Crippen LogP contribution in [-0.2, 0) is 6.42 Å². The van der Waals surface area contributed by atoms with E-state index in [1.54, 1.807) is 0 Å². The predicted molar refractivity (Wildman–Crippen MR) is 76.3 cm³/mol. The lowest BCUT2D eigenvalue weighted by atomic mass is 10.1. The third-order valence-corrected chi connectivity index (χ3v) is 3.14. The highest BCUT2D eigenvalue weighted by atomic mass is 16.5. The second-order valence-electron chi connectivity index (χ2n) is 4.65. The Kier molecular flexibility index (Phi) is 4.00. The van der Waals surface area contributed by atoms with E-state index in [9.17, 15) is 0 Å². The summed E-state index contributed by atoms with van der Waals surface area (Å²) in [4.78, 5) is 8.40. The van der Waals surface area contributed by atoms with E-state index in [1.165, 1.54) is 5.56 Å². The molecule has 2 aromatic rings. The van der Waals surface area contributed by atoms with Gasteiger partial charge in [-0.05, 0) is 38.5 Å². The van der Waals surface area contributed by atoms with E-state index in [1.807, 2.05) is 38.1 Å². The summed E-state index contributed by atoms with van der Waals surface area (Å²) >= 11 is 0. The van der Waals surface area contributed by atoms with Crippen LogP contribution in [0, 0.1) is 20.8 Å². The zero-order chi connectivity index (χ0) is 13.8. The summed E-state index contributed by atoms with van der Waals surface area (Å²) in [6.45, 7) is 6.59. The van der Waals surface area contributed by atoms with Gasteiger partial charge in [-0.25, -0.2) is 9.97 Å². The van der Waals surface area contributed by atoms with Crippen LogP contribution >= 0.6 is 0 Å². The highest BCUT2D eigenvalue weighted by Gasteiger charge is 2.06. The van der Waals surface area contributed by atoms with E-state index in [0.29, 0.717) is 12.6 Å². The van der Waals surface area contributed by atoms with Crippen LogP contribution in [0.3, 0.4) is 0 Å². The summed E-state index contributed by atoms with van der Waals surface area (Å²) in [6.07, 6.45) is 0.729. The molecule has 0 aliphatic carbocycles. The van der Waals surface area contributed by atoms with Crippen LogP contribution in [0.25, 0.3) is 0 Å². The third-order valence-electron chi connectivity index (χ3n) is 3.14. The molecule has 0 bridgehead atoms. The van der Waals surface area contributed by atoms with Gasteiger partial charge in [0.1, 0.15) is 5.75 Å². The zero-order valence-corrected chi connectivity index (χ0v) is 11.6. The van der Waals surface area contributed by atoms with Crippen LogP contribution in [0.5, 0.6) is 5.75 Å². The molecule has 2 N–H and O–H groups in total. The summed E-state index contributed by atoms with van der Waals surface area (Å²) in [6, 6.07) is 8.02. The maximum atomic E-state index is 5.70. The Balaban J connectivity index is 1.98. The molecule has 0 spiro atoms. The summed E-state index contributed by atoms with van der Waals surface area (Å²) < 4.78 is 5.70. The van der Waals surface area contributed by atoms with Gasteiger partial charge in [-0.3, -0.25) is 0 Å². The molecule has 4 nitrogen and oxygen atoms in total. The maximum Gasteiger partial charge on any atom is 0.220 e. The number of nitrogens with zero attached hydrogens (tertiary/aromatic N) is 2. The Morgan fingerprint density at radius 2 is 1.74 bits per heavy atom. The van der Waals surface area contributed by atoms with E-state index in [-0.39, 0.29) is 0 Å². The van der Waals surface area contributed by atoms with E-state index in [4.69, 9.17) is 10.5 Å². The quantitative estimate of drug-likeness (QED) is 0.914. The highest BCUT2D eigenvalue weighted by Crippen LogP contribution is 2.14. The molecule has 2 rings (SSSR count). The molecule has 0 atom stereocenters. The smallest absolute Gasteiger partial charge is 0.220 e. The summed E-state index contributed by atoms with van der Waals surface area (Å²) in [5, 5.41) is 0. The molecule has 0 aliphatic heterocycles. The highest BCUT2D eigenvalue weighted by molar-refractivity contribution is 5.30. The maximum absolute atomic E-state index is 5.70. The molecule has 0 fully saturated rings. The minimum Gasteiger partial charge on any atom is -0.493 e. The zero-order valence-electron chi connectivity index (χ0n) is 11.6. The van der Waals surface area contributed by atoms with E-state index in [0.717, 1.165) is 29.1 Å². The molecule has 0 radical (unpaired) electrons. The van der Waals surface area contributed by atoms with Gasteiger partial charge in [0.15, 0.2) is 0 Å². The van der Waals surface area contributed by atoms with Gasteiger partial charge >= 0.3 is 0 Å². The number of aromatic nitrogens is 2. The minimum atomic E-state index is 0.327. The summed E-state index contributed by atoms with van der Waals surface area (Å²) in [5.41, 5.74) is 9.86. The Bertz CT molecular complexity index is 564. The average molecular weight is 257 g/mol. The first kappa shape index (κ1) is 13.3. The summed E-state index contributed by atoms with van der Waals surface area (Å²) in [7, 11) is 0. The minimum absolute atomic E-state index is 0.327. The topological polar surface area (TPSA) is 61.0 Å². The fourth-order valence-corrected chi connectivity index (χ4v) is 1.86.